The van der Waals surface area contributed by atoms with Crippen LogP contribution in [0.25, 0.3) is 0 Å². The molecule has 1 N–H and O–H groups in total. The van der Waals surface area contributed by atoms with Crippen LogP contribution in [0.4, 0.5) is 0 Å². The third-order valence-electron chi connectivity index (χ3n) is 6.40. The number of amides is 2. The lowest BCUT2D eigenvalue weighted by Crippen LogP contribution is -2.59. The first kappa shape index (κ1) is 20.6. The predicted octanol–water partition coefficient (Wildman–Crippen LogP) is 0.689. The first-order chi connectivity index (χ1) is 12.9. The summed E-state index contributed by atoms with van der Waals surface area (Å²) in [4.78, 5) is 30.5. The number of nitrogens with zero attached hydrogens (tertiary/aromatic N) is 3. The van der Waals surface area contributed by atoms with Crippen LogP contribution in [-0.4, -0.2) is 96.6 Å². The highest BCUT2D eigenvalue weighted by atomic mass is 16.5. The molecule has 0 radical (unpaired) electrons. The van der Waals surface area contributed by atoms with Gasteiger partial charge in [-0.15, -0.1) is 0 Å². The Balaban J connectivity index is 1.31. The van der Waals surface area contributed by atoms with Crippen molar-refractivity contribution >= 4 is 11.8 Å². The molecule has 0 aromatic rings. The van der Waals surface area contributed by atoms with E-state index in [4.69, 9.17) is 4.74 Å². The number of carbonyl (C=O) groups excluding carboxylic acids is 2. The van der Waals surface area contributed by atoms with E-state index >= 15 is 0 Å². The normalized spacial score (nSPS) is 26.2. The Labute approximate surface area is 163 Å². The van der Waals surface area contributed by atoms with E-state index in [1.165, 1.54) is 6.92 Å². The van der Waals surface area contributed by atoms with Gasteiger partial charge in [0, 0.05) is 78.2 Å². The summed E-state index contributed by atoms with van der Waals surface area (Å²) in [6.07, 6.45) is 3.60. The van der Waals surface area contributed by atoms with Crippen molar-refractivity contribution in [1.29, 1.82) is 0 Å². The van der Waals surface area contributed by atoms with Crippen LogP contribution in [0.15, 0.2) is 0 Å². The minimum Gasteiger partial charge on any atom is -0.370 e. The first-order valence-corrected chi connectivity index (χ1v) is 10.5. The molecule has 0 aliphatic carbocycles. The minimum absolute atomic E-state index is 0.00872. The van der Waals surface area contributed by atoms with Crippen LogP contribution in [-0.2, 0) is 14.3 Å². The molecule has 0 aromatic heterocycles. The number of hydrogen-bond donors (Lipinski definition) is 1. The zero-order valence-electron chi connectivity index (χ0n) is 17.2. The van der Waals surface area contributed by atoms with Gasteiger partial charge < -0.3 is 19.9 Å². The zero-order valence-corrected chi connectivity index (χ0v) is 17.2. The van der Waals surface area contributed by atoms with Crippen molar-refractivity contribution < 1.29 is 14.3 Å². The summed E-state index contributed by atoms with van der Waals surface area (Å²) in [5.41, 5.74) is -0.0485. The van der Waals surface area contributed by atoms with Gasteiger partial charge in [0.05, 0.1) is 11.7 Å². The highest BCUT2D eigenvalue weighted by molar-refractivity contribution is 5.76. The SMILES string of the molecule is CC(=O)NCC1CC2(CCN(C(=O)CCN3CCN(C(C)C)CC3)CC2)O1. The smallest absolute Gasteiger partial charge is 0.223 e. The van der Waals surface area contributed by atoms with Gasteiger partial charge in [-0.1, -0.05) is 0 Å². The van der Waals surface area contributed by atoms with E-state index in [0.717, 1.165) is 65.1 Å². The van der Waals surface area contributed by atoms with Gasteiger partial charge in [0.1, 0.15) is 0 Å². The molecule has 3 aliphatic rings. The number of hydrogen-bond acceptors (Lipinski definition) is 5. The summed E-state index contributed by atoms with van der Waals surface area (Å²) in [6.45, 7) is 13.4. The number of piperidine rings is 1. The largest absolute Gasteiger partial charge is 0.370 e. The fourth-order valence-electron chi connectivity index (χ4n) is 4.53. The Kier molecular flexibility index (Phi) is 6.76. The molecule has 7 heteroatoms. The molecule has 3 heterocycles. The van der Waals surface area contributed by atoms with Crippen molar-refractivity contribution in [1.82, 2.24) is 20.0 Å². The summed E-state index contributed by atoms with van der Waals surface area (Å²) < 4.78 is 6.07. The van der Waals surface area contributed by atoms with Crippen LogP contribution in [0.5, 0.6) is 0 Å². The lowest BCUT2D eigenvalue weighted by Gasteiger charge is -2.52. The van der Waals surface area contributed by atoms with E-state index in [1.807, 2.05) is 4.90 Å². The van der Waals surface area contributed by atoms with E-state index in [9.17, 15) is 9.59 Å². The molecule has 2 amide bonds. The number of nitrogens with one attached hydrogen (secondary N) is 1. The summed E-state index contributed by atoms with van der Waals surface area (Å²) in [5, 5.41) is 2.82. The Morgan fingerprint density at radius 1 is 1.11 bits per heavy atom. The van der Waals surface area contributed by atoms with Crippen LogP contribution < -0.4 is 5.32 Å². The van der Waals surface area contributed by atoms with Crippen molar-refractivity contribution in [2.75, 3.05) is 52.4 Å². The van der Waals surface area contributed by atoms with Crippen molar-refractivity contribution in [2.24, 2.45) is 0 Å². The van der Waals surface area contributed by atoms with Crippen LogP contribution in [0.3, 0.4) is 0 Å². The molecule has 154 valence electrons. The standard InChI is InChI=1S/C20H36N4O3/c1-16(2)23-12-10-22(11-13-23)7-4-19(26)24-8-5-20(6-9-24)14-18(27-20)15-21-17(3)25/h16,18H,4-15H2,1-3H3,(H,21,25). The maximum Gasteiger partial charge on any atom is 0.223 e. The van der Waals surface area contributed by atoms with Gasteiger partial charge in [-0.05, 0) is 26.7 Å². The Hall–Kier alpha value is -1.18. The van der Waals surface area contributed by atoms with Crippen LogP contribution >= 0.6 is 0 Å². The topological polar surface area (TPSA) is 65.1 Å². The average molecular weight is 381 g/mol. The Morgan fingerprint density at radius 2 is 1.74 bits per heavy atom. The second-order valence-corrected chi connectivity index (χ2v) is 8.67. The maximum absolute atomic E-state index is 12.6. The van der Waals surface area contributed by atoms with Gasteiger partial charge in [0.25, 0.3) is 0 Å². The summed E-state index contributed by atoms with van der Waals surface area (Å²) >= 11 is 0. The second kappa shape index (κ2) is 8.88. The highest BCUT2D eigenvalue weighted by Crippen LogP contribution is 2.41. The third kappa shape index (κ3) is 5.42. The Bertz CT molecular complexity index is 515. The van der Waals surface area contributed by atoms with E-state index in [2.05, 4.69) is 29.0 Å². The maximum atomic E-state index is 12.6. The number of carbonyl (C=O) groups is 2. The lowest BCUT2D eigenvalue weighted by molar-refractivity contribution is -0.222. The van der Waals surface area contributed by atoms with Crippen molar-refractivity contribution in [3.8, 4) is 0 Å². The molecule has 0 saturated carbocycles. The molecule has 3 fully saturated rings. The molecule has 0 bridgehead atoms. The monoisotopic (exact) mass is 380 g/mol. The number of piperazine rings is 1. The van der Waals surface area contributed by atoms with E-state index in [0.29, 0.717) is 19.0 Å². The molecule has 0 aromatic carbocycles. The highest BCUT2D eigenvalue weighted by Gasteiger charge is 2.47. The zero-order chi connectivity index (χ0) is 19.4. The van der Waals surface area contributed by atoms with Crippen LogP contribution in [0.2, 0.25) is 0 Å². The molecule has 1 atom stereocenters. The van der Waals surface area contributed by atoms with Gasteiger partial charge in [-0.2, -0.15) is 0 Å². The fourth-order valence-corrected chi connectivity index (χ4v) is 4.53. The van der Waals surface area contributed by atoms with Gasteiger partial charge >= 0.3 is 0 Å². The van der Waals surface area contributed by atoms with E-state index in [1.54, 1.807) is 0 Å². The molecule has 3 rings (SSSR count). The average Bonchev–Trinajstić information content (AvgIpc) is 2.63. The molecule has 1 spiro atoms. The molecule has 7 nitrogen and oxygen atoms in total. The summed E-state index contributed by atoms with van der Waals surface area (Å²) in [7, 11) is 0. The molecule has 1 unspecified atom stereocenters. The summed E-state index contributed by atoms with van der Waals surface area (Å²) in [6, 6.07) is 0.612. The van der Waals surface area contributed by atoms with Gasteiger partial charge in [-0.3, -0.25) is 14.5 Å². The van der Waals surface area contributed by atoms with Crippen molar-refractivity contribution in [2.45, 2.75) is 64.2 Å². The van der Waals surface area contributed by atoms with Gasteiger partial charge in [0.15, 0.2) is 0 Å². The number of ether oxygens (including phenoxy) is 1. The van der Waals surface area contributed by atoms with Gasteiger partial charge in [-0.25, -0.2) is 0 Å². The quantitative estimate of drug-likeness (QED) is 0.734. The molecule has 3 saturated heterocycles. The van der Waals surface area contributed by atoms with E-state index < -0.39 is 0 Å². The minimum atomic E-state index is -0.0485. The molecule has 27 heavy (non-hydrogen) atoms. The van der Waals surface area contributed by atoms with Crippen LogP contribution in [0, 0.1) is 0 Å². The van der Waals surface area contributed by atoms with Crippen molar-refractivity contribution in [3.05, 3.63) is 0 Å². The van der Waals surface area contributed by atoms with Gasteiger partial charge in [0.2, 0.25) is 11.8 Å². The number of rotatable bonds is 6. The molecular weight excluding hydrogens is 344 g/mol. The van der Waals surface area contributed by atoms with E-state index in [-0.39, 0.29) is 23.5 Å². The second-order valence-electron chi connectivity index (χ2n) is 8.67. The lowest BCUT2D eigenvalue weighted by atomic mass is 9.80. The predicted molar refractivity (Wildman–Crippen MR) is 104 cm³/mol. The molecule has 3 aliphatic heterocycles. The number of likely N-dealkylation sites (tertiary alicyclic amines) is 1. The summed E-state index contributed by atoms with van der Waals surface area (Å²) in [5.74, 6) is 0.274. The molecular formula is C20H36N4O3. The Morgan fingerprint density at radius 3 is 2.30 bits per heavy atom. The fraction of sp³-hybridized carbons (Fsp3) is 0.900. The first-order valence-electron chi connectivity index (χ1n) is 10.5. The van der Waals surface area contributed by atoms with Crippen LogP contribution in [0.1, 0.15) is 46.5 Å². The third-order valence-corrected chi connectivity index (χ3v) is 6.40. The van der Waals surface area contributed by atoms with Crippen molar-refractivity contribution in [3.63, 3.8) is 0 Å².